The highest BCUT2D eigenvalue weighted by Gasteiger charge is 2.22. The van der Waals surface area contributed by atoms with Crippen LogP contribution in [-0.2, 0) is 0 Å². The van der Waals surface area contributed by atoms with Gasteiger partial charge >= 0.3 is 0 Å². The Morgan fingerprint density at radius 3 is 2.27 bits per heavy atom. The number of fused-ring (bicyclic) bond motifs is 10. The van der Waals surface area contributed by atoms with Crippen LogP contribution >= 0.6 is 11.3 Å². The smallest absolute Gasteiger partial charge is 0.159 e. The normalized spacial score (nSPS) is 12.1. The monoisotopic (exact) mass is 529 g/mol. The number of furan rings is 1. The lowest BCUT2D eigenvalue weighted by atomic mass is 10.00. The summed E-state index contributed by atoms with van der Waals surface area (Å²) in [6.45, 7) is 2.17. The number of hydrogen-bond donors (Lipinski definition) is 0. The van der Waals surface area contributed by atoms with Gasteiger partial charge in [0.15, 0.2) is 5.58 Å². The van der Waals surface area contributed by atoms with Gasteiger partial charge in [0.05, 0.1) is 21.4 Å². The Balaban J connectivity index is 1.53. The molecule has 188 valence electrons. The molecule has 0 unspecified atom stereocenters. The minimum absolute atomic E-state index is 0.921. The molecule has 40 heavy (non-hydrogen) atoms. The molecule has 0 radical (unpaired) electrons. The number of aromatic nitrogens is 1. The summed E-state index contributed by atoms with van der Waals surface area (Å²) in [7, 11) is 0. The minimum atomic E-state index is 0.921. The molecule has 0 saturated carbocycles. The van der Waals surface area contributed by atoms with Crippen molar-refractivity contribution in [2.45, 2.75) is 6.92 Å². The number of hydrogen-bond acceptors (Lipinski definition) is 2. The van der Waals surface area contributed by atoms with E-state index in [1.54, 1.807) is 0 Å². The van der Waals surface area contributed by atoms with Gasteiger partial charge in [-0.2, -0.15) is 0 Å². The lowest BCUT2D eigenvalue weighted by Crippen LogP contribution is -1.96. The van der Waals surface area contributed by atoms with E-state index in [0.717, 1.165) is 22.2 Å². The van der Waals surface area contributed by atoms with Gasteiger partial charge in [-0.1, -0.05) is 91.0 Å². The average Bonchev–Trinajstić information content (AvgIpc) is 3.67. The topological polar surface area (TPSA) is 18.1 Å². The Labute approximate surface area is 234 Å². The van der Waals surface area contributed by atoms with Gasteiger partial charge in [-0.25, -0.2) is 0 Å². The van der Waals surface area contributed by atoms with Crippen molar-refractivity contribution in [3.63, 3.8) is 0 Å². The van der Waals surface area contributed by atoms with E-state index in [4.69, 9.17) is 4.42 Å². The molecule has 2 nitrogen and oxygen atoms in total. The Hall–Kier alpha value is -4.86. The molecule has 9 aromatic rings. The summed E-state index contributed by atoms with van der Waals surface area (Å²) in [5.41, 5.74) is 8.95. The van der Waals surface area contributed by atoms with Gasteiger partial charge < -0.3 is 8.98 Å². The molecule has 0 saturated heterocycles. The maximum atomic E-state index is 6.73. The fourth-order valence-corrected chi connectivity index (χ4v) is 7.77. The van der Waals surface area contributed by atoms with E-state index in [1.165, 1.54) is 64.1 Å². The molecule has 0 N–H and O–H groups in total. The summed E-state index contributed by atoms with van der Waals surface area (Å²) in [5.74, 6) is 0. The van der Waals surface area contributed by atoms with Gasteiger partial charge in [0.2, 0.25) is 0 Å². The van der Waals surface area contributed by atoms with Gasteiger partial charge in [-0.15, -0.1) is 11.3 Å². The van der Waals surface area contributed by atoms with Crippen molar-refractivity contribution in [3.8, 4) is 16.8 Å². The largest absolute Gasteiger partial charge is 0.454 e. The van der Waals surface area contributed by atoms with Gasteiger partial charge in [-0.3, -0.25) is 0 Å². The standard InChI is InChI=1S/C37H23NOS/c1-22-10-9-16-32-34(22)29-20-24(23-11-3-2-4-12-23)21-31(36(29)39-32)38-30-15-7-5-13-25(30)27-18-19-28-26-14-6-8-17-33(26)40-37(28)35(27)38/h2-21H,1H3. The Morgan fingerprint density at radius 1 is 0.600 bits per heavy atom. The Morgan fingerprint density at radius 2 is 1.38 bits per heavy atom. The zero-order valence-electron chi connectivity index (χ0n) is 21.8. The number of rotatable bonds is 2. The van der Waals surface area contributed by atoms with Crippen molar-refractivity contribution in [2.24, 2.45) is 0 Å². The zero-order chi connectivity index (χ0) is 26.4. The lowest BCUT2D eigenvalue weighted by Gasteiger charge is -2.12. The van der Waals surface area contributed by atoms with Crippen molar-refractivity contribution in [1.82, 2.24) is 4.57 Å². The summed E-state index contributed by atoms with van der Waals surface area (Å²) in [6, 6.07) is 43.7. The molecule has 3 heteroatoms. The first-order chi connectivity index (χ1) is 19.8. The van der Waals surface area contributed by atoms with Crippen molar-refractivity contribution >= 4 is 75.3 Å². The van der Waals surface area contributed by atoms with Gasteiger partial charge in [0.25, 0.3) is 0 Å². The molecule has 0 atom stereocenters. The molecule has 3 aromatic heterocycles. The third-order valence-electron chi connectivity index (χ3n) is 8.31. The molecule has 0 bridgehead atoms. The molecule has 0 aliphatic carbocycles. The van der Waals surface area contributed by atoms with E-state index >= 15 is 0 Å². The van der Waals surface area contributed by atoms with Crippen LogP contribution in [0.1, 0.15) is 5.56 Å². The fourth-order valence-electron chi connectivity index (χ4n) is 6.53. The van der Waals surface area contributed by atoms with E-state index < -0.39 is 0 Å². The first-order valence-electron chi connectivity index (χ1n) is 13.6. The number of thiophene rings is 1. The van der Waals surface area contributed by atoms with Crippen LogP contribution in [0.3, 0.4) is 0 Å². The molecular weight excluding hydrogens is 506 g/mol. The highest BCUT2D eigenvalue weighted by atomic mass is 32.1. The maximum Gasteiger partial charge on any atom is 0.159 e. The van der Waals surface area contributed by atoms with E-state index in [1.807, 2.05) is 11.3 Å². The molecule has 3 heterocycles. The van der Waals surface area contributed by atoms with Crippen LogP contribution in [0.15, 0.2) is 126 Å². The first-order valence-corrected chi connectivity index (χ1v) is 14.4. The number of para-hydroxylation sites is 1. The van der Waals surface area contributed by atoms with Crippen molar-refractivity contribution in [2.75, 3.05) is 0 Å². The molecule has 0 aliphatic heterocycles. The third kappa shape index (κ3) is 2.93. The van der Waals surface area contributed by atoms with Gasteiger partial charge in [0.1, 0.15) is 5.58 Å². The van der Waals surface area contributed by atoms with Gasteiger partial charge in [-0.05, 0) is 53.9 Å². The fraction of sp³-hybridized carbons (Fsp3) is 0.0270. The van der Waals surface area contributed by atoms with Crippen LogP contribution in [0.4, 0.5) is 0 Å². The van der Waals surface area contributed by atoms with Crippen LogP contribution in [-0.4, -0.2) is 4.57 Å². The molecule has 0 aliphatic rings. The van der Waals surface area contributed by atoms with Crippen LogP contribution in [0, 0.1) is 6.92 Å². The second-order valence-corrected chi connectivity index (χ2v) is 11.6. The second kappa shape index (κ2) is 8.08. The van der Waals surface area contributed by atoms with E-state index in [2.05, 4.69) is 133 Å². The molecular formula is C37H23NOS. The molecule has 0 fully saturated rings. The van der Waals surface area contributed by atoms with E-state index in [9.17, 15) is 0 Å². The maximum absolute atomic E-state index is 6.73. The predicted molar refractivity (Wildman–Crippen MR) is 171 cm³/mol. The van der Waals surface area contributed by atoms with Crippen LogP contribution in [0.2, 0.25) is 0 Å². The van der Waals surface area contributed by atoms with Crippen LogP contribution < -0.4 is 0 Å². The first kappa shape index (κ1) is 22.0. The Bertz CT molecular complexity index is 2440. The lowest BCUT2D eigenvalue weighted by molar-refractivity contribution is 0.666. The minimum Gasteiger partial charge on any atom is -0.454 e. The highest BCUT2D eigenvalue weighted by Crippen LogP contribution is 2.45. The van der Waals surface area contributed by atoms with Crippen molar-refractivity contribution in [3.05, 3.63) is 127 Å². The quantitative estimate of drug-likeness (QED) is 0.218. The Kier molecular flexibility index (Phi) is 4.44. The summed E-state index contributed by atoms with van der Waals surface area (Å²) in [4.78, 5) is 0. The predicted octanol–water partition coefficient (Wildman–Crippen LogP) is 11.0. The number of aryl methyl sites for hydroxylation is 1. The van der Waals surface area contributed by atoms with Crippen LogP contribution in [0.5, 0.6) is 0 Å². The van der Waals surface area contributed by atoms with Crippen LogP contribution in [0.25, 0.3) is 80.7 Å². The van der Waals surface area contributed by atoms with E-state index in [0.29, 0.717) is 0 Å². The number of benzene rings is 6. The summed E-state index contributed by atoms with van der Waals surface area (Å²) in [6.07, 6.45) is 0. The third-order valence-corrected chi connectivity index (χ3v) is 9.51. The summed E-state index contributed by atoms with van der Waals surface area (Å²) >= 11 is 1.88. The van der Waals surface area contributed by atoms with Crippen molar-refractivity contribution < 1.29 is 4.42 Å². The molecule has 0 amide bonds. The summed E-state index contributed by atoms with van der Waals surface area (Å²) < 4.78 is 11.8. The molecule has 0 spiro atoms. The molecule has 6 aromatic carbocycles. The molecule has 9 rings (SSSR count). The van der Waals surface area contributed by atoms with E-state index in [-0.39, 0.29) is 0 Å². The highest BCUT2D eigenvalue weighted by molar-refractivity contribution is 7.26. The summed E-state index contributed by atoms with van der Waals surface area (Å²) in [5, 5.41) is 7.46. The average molecular weight is 530 g/mol. The SMILES string of the molecule is Cc1cccc2oc3c(-n4c5ccccc5c5ccc6c7ccccc7sc6c54)cc(-c4ccccc4)cc3c12. The zero-order valence-corrected chi connectivity index (χ0v) is 22.6. The van der Waals surface area contributed by atoms with Crippen molar-refractivity contribution in [1.29, 1.82) is 0 Å². The van der Waals surface area contributed by atoms with Gasteiger partial charge in [0, 0.05) is 37.0 Å². The number of nitrogens with zero attached hydrogens (tertiary/aromatic N) is 1. The second-order valence-electron chi connectivity index (χ2n) is 10.6.